The molecule has 0 bridgehead atoms. The molecule has 3 rings (SSSR count). The summed E-state index contributed by atoms with van der Waals surface area (Å²) in [5.41, 5.74) is 13.1. The van der Waals surface area contributed by atoms with Gasteiger partial charge < -0.3 is 11.1 Å². The number of hydrazine groups is 1. The van der Waals surface area contributed by atoms with E-state index in [-0.39, 0.29) is 30.6 Å². The highest BCUT2D eigenvalue weighted by atomic mass is 35.5. The third kappa shape index (κ3) is 6.05. The normalized spacial score (nSPS) is 13.8. The van der Waals surface area contributed by atoms with E-state index in [1.807, 2.05) is 50.2 Å². The van der Waals surface area contributed by atoms with E-state index in [1.54, 1.807) is 11.1 Å². The summed E-state index contributed by atoms with van der Waals surface area (Å²) in [6.45, 7) is 5.29. The molecule has 8 heteroatoms. The monoisotopic (exact) mass is 429 g/mol. The van der Waals surface area contributed by atoms with Gasteiger partial charge in [0.25, 0.3) is 5.91 Å². The number of benzene rings is 1. The van der Waals surface area contributed by atoms with Crippen molar-refractivity contribution in [2.24, 2.45) is 0 Å². The van der Waals surface area contributed by atoms with E-state index in [1.165, 1.54) is 0 Å². The lowest BCUT2D eigenvalue weighted by Crippen LogP contribution is -2.46. The Kier molecular flexibility index (Phi) is 8.38. The molecule has 0 saturated carbocycles. The number of nitrogen functional groups attached to an aromatic ring is 1. The molecule has 0 radical (unpaired) electrons. The largest absolute Gasteiger partial charge is 0.384 e. The molecule has 0 saturated heterocycles. The third-order valence-electron chi connectivity index (χ3n) is 5.08. The van der Waals surface area contributed by atoms with E-state index < -0.39 is 0 Å². The van der Waals surface area contributed by atoms with Crippen LogP contribution in [0.1, 0.15) is 36.6 Å². The van der Waals surface area contributed by atoms with Crippen molar-refractivity contribution in [2.45, 2.75) is 39.8 Å². The Bertz CT molecular complexity index is 930. The van der Waals surface area contributed by atoms with Crippen LogP contribution in [0, 0.1) is 6.92 Å². The second-order valence-electron chi connectivity index (χ2n) is 7.22. The second kappa shape index (κ2) is 10.8. The number of aryl methyl sites for hydroxylation is 1. The zero-order valence-electron chi connectivity index (χ0n) is 17.3. The highest BCUT2D eigenvalue weighted by molar-refractivity contribution is 5.99. The summed E-state index contributed by atoms with van der Waals surface area (Å²) >= 11 is 0. The van der Waals surface area contributed by atoms with E-state index in [4.69, 9.17) is 5.73 Å². The van der Waals surface area contributed by atoms with Crippen LogP contribution in [0.15, 0.2) is 53.6 Å². The first-order valence-corrected chi connectivity index (χ1v) is 9.70. The quantitative estimate of drug-likeness (QED) is 0.628. The molecule has 2 amide bonds. The van der Waals surface area contributed by atoms with Gasteiger partial charge in [-0.25, -0.2) is 10.4 Å². The number of hydrogen-bond donors (Lipinski definition) is 3. The van der Waals surface area contributed by atoms with E-state index in [0.717, 1.165) is 28.8 Å². The standard InChI is InChI=1S/C22H27N5O2.ClH/c1-15-10-11-27(25-13-17-6-4-3-5-7-17)22(29)19(15)12-21(28)24-14-18-8-9-20(23)26-16(18)2;/h3-9,25H,10-14H2,1-2H3,(H2,23,26)(H,24,28);1H. The Labute approximate surface area is 183 Å². The van der Waals surface area contributed by atoms with Crippen LogP contribution in [-0.4, -0.2) is 28.4 Å². The van der Waals surface area contributed by atoms with Crippen LogP contribution in [0.3, 0.4) is 0 Å². The van der Waals surface area contributed by atoms with Crippen LogP contribution in [0.5, 0.6) is 0 Å². The van der Waals surface area contributed by atoms with E-state index in [2.05, 4.69) is 15.7 Å². The van der Waals surface area contributed by atoms with Gasteiger partial charge in [-0.3, -0.25) is 14.6 Å². The van der Waals surface area contributed by atoms with Gasteiger partial charge in [-0.2, -0.15) is 0 Å². The fraction of sp³-hybridized carbons (Fsp3) is 0.318. The van der Waals surface area contributed by atoms with Crippen molar-refractivity contribution in [3.63, 3.8) is 0 Å². The SMILES string of the molecule is CC1=C(CC(=O)NCc2ccc(N)nc2C)C(=O)N(NCc2ccccc2)CC1.Cl. The number of carbonyl (C=O) groups is 2. The van der Waals surface area contributed by atoms with Crippen LogP contribution in [0.2, 0.25) is 0 Å². The zero-order chi connectivity index (χ0) is 20.8. The lowest BCUT2D eigenvalue weighted by molar-refractivity contribution is -0.132. The first kappa shape index (κ1) is 23.4. The van der Waals surface area contributed by atoms with Crippen LogP contribution in [-0.2, 0) is 22.7 Å². The number of aromatic nitrogens is 1. The Morgan fingerprint density at radius 1 is 1.13 bits per heavy atom. The topological polar surface area (TPSA) is 100 Å². The van der Waals surface area contributed by atoms with Crippen LogP contribution < -0.4 is 16.5 Å². The van der Waals surface area contributed by atoms with Crippen molar-refractivity contribution in [1.82, 2.24) is 20.7 Å². The van der Waals surface area contributed by atoms with Crippen LogP contribution in [0.25, 0.3) is 0 Å². The molecule has 0 spiro atoms. The highest BCUT2D eigenvalue weighted by Crippen LogP contribution is 2.21. The maximum absolute atomic E-state index is 12.9. The van der Waals surface area contributed by atoms with Crippen molar-refractivity contribution in [2.75, 3.05) is 12.3 Å². The fourth-order valence-electron chi connectivity index (χ4n) is 3.25. The maximum atomic E-state index is 12.9. The van der Waals surface area contributed by atoms with E-state index >= 15 is 0 Å². The number of anilines is 1. The minimum atomic E-state index is -0.186. The number of hydrogen-bond acceptors (Lipinski definition) is 5. The predicted molar refractivity (Wildman–Crippen MR) is 119 cm³/mol. The van der Waals surface area contributed by atoms with Gasteiger partial charge in [0.15, 0.2) is 0 Å². The lowest BCUT2D eigenvalue weighted by atomic mass is 9.98. The number of amides is 2. The summed E-state index contributed by atoms with van der Waals surface area (Å²) in [7, 11) is 0. The fourth-order valence-corrected chi connectivity index (χ4v) is 3.25. The van der Waals surface area contributed by atoms with Gasteiger partial charge in [-0.15, -0.1) is 12.4 Å². The number of pyridine rings is 1. The van der Waals surface area contributed by atoms with E-state index in [9.17, 15) is 9.59 Å². The molecule has 0 unspecified atom stereocenters. The van der Waals surface area contributed by atoms with Crippen LogP contribution >= 0.6 is 12.4 Å². The van der Waals surface area contributed by atoms with Crippen molar-refractivity contribution in [1.29, 1.82) is 0 Å². The van der Waals surface area contributed by atoms with Gasteiger partial charge in [-0.1, -0.05) is 42.0 Å². The molecule has 1 aromatic carbocycles. The van der Waals surface area contributed by atoms with Gasteiger partial charge in [0.1, 0.15) is 5.82 Å². The van der Waals surface area contributed by atoms with Crippen molar-refractivity contribution >= 4 is 30.0 Å². The molecule has 1 aromatic heterocycles. The smallest absolute Gasteiger partial charge is 0.264 e. The molecule has 1 aliphatic rings. The first-order valence-electron chi connectivity index (χ1n) is 9.70. The number of nitrogens with one attached hydrogen (secondary N) is 2. The minimum absolute atomic E-state index is 0. The first-order chi connectivity index (χ1) is 13.9. The lowest BCUT2D eigenvalue weighted by Gasteiger charge is -2.30. The predicted octanol–water partition coefficient (Wildman–Crippen LogP) is 2.65. The number of carbonyl (C=O) groups excluding carboxylic acids is 2. The van der Waals surface area contributed by atoms with E-state index in [0.29, 0.717) is 31.0 Å². The van der Waals surface area contributed by atoms with Crippen LogP contribution in [0.4, 0.5) is 5.82 Å². The molecule has 0 fully saturated rings. The number of halogens is 1. The second-order valence-corrected chi connectivity index (χ2v) is 7.22. The molecule has 0 aliphatic carbocycles. The average Bonchev–Trinajstić information content (AvgIpc) is 2.70. The highest BCUT2D eigenvalue weighted by Gasteiger charge is 2.26. The average molecular weight is 430 g/mol. The minimum Gasteiger partial charge on any atom is -0.384 e. The molecule has 1 aliphatic heterocycles. The summed E-state index contributed by atoms with van der Waals surface area (Å²) in [4.78, 5) is 29.5. The summed E-state index contributed by atoms with van der Waals surface area (Å²) in [6, 6.07) is 13.5. The molecular weight excluding hydrogens is 402 g/mol. The van der Waals surface area contributed by atoms with Crippen molar-refractivity contribution in [3.8, 4) is 0 Å². The Balaban J connectivity index is 0.00000320. The number of rotatable bonds is 7. The van der Waals surface area contributed by atoms with Gasteiger partial charge in [0.05, 0.1) is 6.42 Å². The van der Waals surface area contributed by atoms with Gasteiger partial charge in [0.2, 0.25) is 5.91 Å². The van der Waals surface area contributed by atoms with Crippen molar-refractivity contribution in [3.05, 3.63) is 70.4 Å². The molecule has 30 heavy (non-hydrogen) atoms. The summed E-state index contributed by atoms with van der Waals surface area (Å²) in [5.74, 6) is 0.133. The Morgan fingerprint density at radius 2 is 1.87 bits per heavy atom. The summed E-state index contributed by atoms with van der Waals surface area (Å²) in [6.07, 6.45) is 0.812. The molecule has 4 N–H and O–H groups in total. The Morgan fingerprint density at radius 3 is 2.57 bits per heavy atom. The van der Waals surface area contributed by atoms with Gasteiger partial charge in [-0.05, 0) is 37.5 Å². The molecule has 2 aromatic rings. The number of nitrogens with two attached hydrogens (primary N) is 1. The Hall–Kier alpha value is -2.90. The number of nitrogens with zero attached hydrogens (tertiary/aromatic N) is 2. The molecule has 7 nitrogen and oxygen atoms in total. The maximum Gasteiger partial charge on any atom is 0.264 e. The molecule has 160 valence electrons. The molecule has 0 atom stereocenters. The summed E-state index contributed by atoms with van der Waals surface area (Å²) < 4.78 is 0. The molecule has 2 heterocycles. The van der Waals surface area contributed by atoms with Gasteiger partial charge >= 0.3 is 0 Å². The molecular formula is C22H28ClN5O2. The third-order valence-corrected chi connectivity index (χ3v) is 5.08. The summed E-state index contributed by atoms with van der Waals surface area (Å²) in [5, 5.41) is 4.48. The zero-order valence-corrected chi connectivity index (χ0v) is 18.1. The van der Waals surface area contributed by atoms with Gasteiger partial charge in [0, 0.05) is 30.9 Å². The van der Waals surface area contributed by atoms with Crippen molar-refractivity contribution < 1.29 is 9.59 Å².